The van der Waals surface area contributed by atoms with Crippen LogP contribution in [0.5, 0.6) is 0 Å². The van der Waals surface area contributed by atoms with Crippen LogP contribution in [-0.2, 0) is 11.2 Å². The minimum Gasteiger partial charge on any atom is -0.379 e. The number of para-hydroxylation sites is 1. The Balaban J connectivity index is 1.27. The van der Waals surface area contributed by atoms with Crippen molar-refractivity contribution in [1.29, 1.82) is 0 Å². The maximum absolute atomic E-state index is 5.52. The minimum absolute atomic E-state index is 0.747. The van der Waals surface area contributed by atoms with Gasteiger partial charge in [0.25, 0.3) is 0 Å². The number of hydrogen-bond donors (Lipinski definition) is 0. The Labute approximate surface area is 179 Å². The number of morpholine rings is 1. The van der Waals surface area contributed by atoms with Gasteiger partial charge in [0.05, 0.1) is 24.4 Å². The summed E-state index contributed by atoms with van der Waals surface area (Å²) in [4.78, 5) is 10.2. The molecule has 30 heavy (non-hydrogen) atoms. The summed E-state index contributed by atoms with van der Waals surface area (Å²) in [6, 6.07) is 22.2. The lowest BCUT2D eigenvalue weighted by molar-refractivity contribution is 0.00102. The molecular weight excluding hydrogens is 370 g/mol. The first-order valence-electron chi connectivity index (χ1n) is 11.3. The highest BCUT2D eigenvalue weighted by molar-refractivity contribution is 5.85. The fraction of sp³-hybridized carbons (Fsp3) is 0.423. The van der Waals surface area contributed by atoms with Crippen LogP contribution < -0.4 is 0 Å². The Morgan fingerprint density at radius 1 is 0.867 bits per heavy atom. The van der Waals surface area contributed by atoms with Crippen molar-refractivity contribution < 1.29 is 4.74 Å². The van der Waals surface area contributed by atoms with E-state index in [1.807, 2.05) is 0 Å². The molecule has 0 bridgehead atoms. The molecule has 1 aromatic heterocycles. The molecule has 2 saturated heterocycles. The predicted octanol–water partition coefficient (Wildman–Crippen LogP) is 4.24. The summed E-state index contributed by atoms with van der Waals surface area (Å²) < 4.78 is 5.52. The lowest BCUT2D eigenvalue weighted by atomic mass is 10.00. The zero-order chi connectivity index (χ0) is 20.2. The van der Waals surface area contributed by atoms with Gasteiger partial charge in [0.2, 0.25) is 0 Å². The van der Waals surface area contributed by atoms with Crippen LogP contribution in [0.1, 0.15) is 18.4 Å². The average molecular weight is 402 g/mol. The van der Waals surface area contributed by atoms with Gasteiger partial charge in [-0.25, -0.2) is 4.98 Å². The van der Waals surface area contributed by atoms with E-state index in [4.69, 9.17) is 9.72 Å². The van der Waals surface area contributed by atoms with Crippen LogP contribution in [0, 0.1) is 0 Å². The van der Waals surface area contributed by atoms with E-state index in [1.165, 1.54) is 42.4 Å². The molecule has 4 heteroatoms. The molecule has 0 amide bonds. The van der Waals surface area contributed by atoms with Crippen molar-refractivity contribution in [2.24, 2.45) is 0 Å². The van der Waals surface area contributed by atoms with Crippen molar-refractivity contribution >= 4 is 10.9 Å². The van der Waals surface area contributed by atoms with E-state index in [0.717, 1.165) is 56.5 Å². The summed E-state index contributed by atoms with van der Waals surface area (Å²) in [6.45, 7) is 7.55. The van der Waals surface area contributed by atoms with E-state index in [9.17, 15) is 0 Å². The molecule has 2 fully saturated rings. The molecule has 0 radical (unpaired) electrons. The number of pyridine rings is 1. The lowest BCUT2D eigenvalue weighted by Gasteiger charge is -2.40. The van der Waals surface area contributed by atoms with Crippen molar-refractivity contribution in [3.63, 3.8) is 0 Å². The SMILES string of the molecule is c1ccc(-c2cc(CCN3CCC(N4CCOCC4)CC3)c3ccccc3n2)cc1. The van der Waals surface area contributed by atoms with E-state index in [0.29, 0.717) is 0 Å². The number of rotatable bonds is 5. The number of aromatic nitrogens is 1. The van der Waals surface area contributed by atoms with Gasteiger partial charge in [-0.2, -0.15) is 0 Å². The molecule has 0 unspecified atom stereocenters. The lowest BCUT2D eigenvalue weighted by Crippen LogP contribution is -2.49. The van der Waals surface area contributed by atoms with E-state index >= 15 is 0 Å². The first-order chi connectivity index (χ1) is 14.9. The third kappa shape index (κ3) is 4.41. The quantitative estimate of drug-likeness (QED) is 0.639. The van der Waals surface area contributed by atoms with Crippen LogP contribution in [0.4, 0.5) is 0 Å². The minimum atomic E-state index is 0.747. The second-order valence-corrected chi connectivity index (χ2v) is 8.52. The van der Waals surface area contributed by atoms with E-state index in [2.05, 4.69) is 70.5 Å². The van der Waals surface area contributed by atoms with E-state index in [-0.39, 0.29) is 0 Å². The van der Waals surface area contributed by atoms with Crippen LogP contribution >= 0.6 is 0 Å². The Bertz CT molecular complexity index is 960. The summed E-state index contributed by atoms with van der Waals surface area (Å²) in [5.41, 5.74) is 4.78. The maximum atomic E-state index is 5.52. The van der Waals surface area contributed by atoms with Crippen LogP contribution in [0.25, 0.3) is 22.2 Å². The molecule has 0 atom stereocenters. The zero-order valence-corrected chi connectivity index (χ0v) is 17.7. The normalized spacial score (nSPS) is 19.3. The van der Waals surface area contributed by atoms with E-state index < -0.39 is 0 Å². The van der Waals surface area contributed by atoms with Crippen LogP contribution in [0.2, 0.25) is 0 Å². The van der Waals surface area contributed by atoms with Crippen molar-refractivity contribution in [2.45, 2.75) is 25.3 Å². The van der Waals surface area contributed by atoms with Crippen LogP contribution in [0.15, 0.2) is 60.7 Å². The number of piperidine rings is 1. The average Bonchev–Trinajstić information content (AvgIpc) is 2.84. The summed E-state index contributed by atoms with van der Waals surface area (Å²) in [5, 5.41) is 1.29. The Morgan fingerprint density at radius 3 is 2.40 bits per heavy atom. The number of nitrogens with zero attached hydrogens (tertiary/aromatic N) is 3. The molecule has 0 aliphatic carbocycles. The maximum Gasteiger partial charge on any atom is 0.0712 e. The van der Waals surface area contributed by atoms with Crippen molar-refractivity contribution in [2.75, 3.05) is 45.9 Å². The molecule has 3 aromatic rings. The second-order valence-electron chi connectivity index (χ2n) is 8.52. The van der Waals surface area contributed by atoms with Crippen molar-refractivity contribution in [3.8, 4) is 11.3 Å². The van der Waals surface area contributed by atoms with Gasteiger partial charge in [0.1, 0.15) is 0 Å². The first kappa shape index (κ1) is 19.7. The smallest absolute Gasteiger partial charge is 0.0712 e. The fourth-order valence-electron chi connectivity index (χ4n) is 4.94. The number of hydrogen-bond acceptors (Lipinski definition) is 4. The molecule has 5 rings (SSSR count). The molecule has 4 nitrogen and oxygen atoms in total. The van der Waals surface area contributed by atoms with Gasteiger partial charge >= 0.3 is 0 Å². The van der Waals surface area contributed by atoms with Gasteiger partial charge in [-0.1, -0.05) is 48.5 Å². The van der Waals surface area contributed by atoms with Crippen molar-refractivity contribution in [3.05, 3.63) is 66.2 Å². The zero-order valence-electron chi connectivity index (χ0n) is 17.7. The second kappa shape index (κ2) is 9.25. The largest absolute Gasteiger partial charge is 0.379 e. The number of likely N-dealkylation sites (tertiary alicyclic amines) is 1. The third-order valence-corrected chi connectivity index (χ3v) is 6.69. The van der Waals surface area contributed by atoms with Gasteiger partial charge in [0, 0.05) is 36.6 Å². The topological polar surface area (TPSA) is 28.6 Å². The molecule has 0 spiro atoms. The summed E-state index contributed by atoms with van der Waals surface area (Å²) in [5.74, 6) is 0. The molecule has 2 aliphatic heterocycles. The molecule has 0 N–H and O–H groups in total. The highest BCUT2D eigenvalue weighted by atomic mass is 16.5. The Hall–Kier alpha value is -2.27. The summed E-state index contributed by atoms with van der Waals surface area (Å²) >= 11 is 0. The molecule has 0 saturated carbocycles. The van der Waals surface area contributed by atoms with Gasteiger partial charge in [-0.15, -0.1) is 0 Å². The standard InChI is InChI=1S/C26H31N3O/c1-2-6-21(7-3-1)26-20-22(24-8-4-5-9-25(24)27-26)10-13-28-14-11-23(12-15-28)29-16-18-30-19-17-29/h1-9,20,23H,10-19H2. The van der Waals surface area contributed by atoms with Gasteiger partial charge < -0.3 is 9.64 Å². The number of benzene rings is 2. The molecule has 156 valence electrons. The van der Waals surface area contributed by atoms with Gasteiger partial charge in [-0.05, 0) is 50.0 Å². The van der Waals surface area contributed by atoms with Crippen LogP contribution in [0.3, 0.4) is 0 Å². The molecule has 2 aromatic carbocycles. The van der Waals surface area contributed by atoms with Crippen molar-refractivity contribution in [1.82, 2.24) is 14.8 Å². The number of fused-ring (bicyclic) bond motifs is 1. The highest BCUT2D eigenvalue weighted by Crippen LogP contribution is 2.26. The molecular formula is C26H31N3O. The molecule has 2 aliphatic rings. The van der Waals surface area contributed by atoms with Crippen LogP contribution in [-0.4, -0.2) is 66.8 Å². The summed E-state index contributed by atoms with van der Waals surface area (Å²) in [7, 11) is 0. The summed E-state index contributed by atoms with van der Waals surface area (Å²) in [6.07, 6.45) is 3.64. The van der Waals surface area contributed by atoms with Gasteiger partial charge in [0.15, 0.2) is 0 Å². The third-order valence-electron chi connectivity index (χ3n) is 6.69. The van der Waals surface area contributed by atoms with E-state index in [1.54, 1.807) is 0 Å². The monoisotopic (exact) mass is 401 g/mol. The first-order valence-corrected chi connectivity index (χ1v) is 11.3. The molecule has 3 heterocycles. The predicted molar refractivity (Wildman–Crippen MR) is 123 cm³/mol. The number of ether oxygens (including phenoxy) is 1. The highest BCUT2D eigenvalue weighted by Gasteiger charge is 2.25. The van der Waals surface area contributed by atoms with Gasteiger partial charge in [-0.3, -0.25) is 4.90 Å². The Morgan fingerprint density at radius 2 is 1.60 bits per heavy atom. The Kier molecular flexibility index (Phi) is 6.07. The fourth-order valence-corrected chi connectivity index (χ4v) is 4.94.